The third-order valence-corrected chi connectivity index (χ3v) is 5.31. The number of aromatic nitrogens is 2. The normalized spacial score (nSPS) is 13.7. The van der Waals surface area contributed by atoms with Crippen LogP contribution in [0.3, 0.4) is 0 Å². The molecule has 0 aliphatic carbocycles. The van der Waals surface area contributed by atoms with Crippen molar-refractivity contribution in [3.8, 4) is 17.6 Å². The number of carbonyl (C=O) groups is 1. The van der Waals surface area contributed by atoms with Crippen LogP contribution >= 0.6 is 11.5 Å². The van der Waals surface area contributed by atoms with Crippen molar-refractivity contribution in [2.75, 3.05) is 6.79 Å². The number of allylic oxidation sites excluding steroid dienone is 2. The zero-order chi connectivity index (χ0) is 20.6. The highest BCUT2D eigenvalue weighted by atomic mass is 32.1. The molecule has 4 rings (SSSR count). The molecule has 1 N–H and O–H groups in total. The molecule has 7 nitrogen and oxygen atoms in total. The van der Waals surface area contributed by atoms with Crippen molar-refractivity contribution in [3.05, 3.63) is 53.2 Å². The van der Waals surface area contributed by atoms with E-state index in [1.165, 1.54) is 11.5 Å². The van der Waals surface area contributed by atoms with Gasteiger partial charge in [0.1, 0.15) is 11.6 Å². The van der Waals surface area contributed by atoms with Crippen molar-refractivity contribution in [1.82, 2.24) is 14.9 Å². The summed E-state index contributed by atoms with van der Waals surface area (Å²) in [7, 11) is 0. The molecule has 146 valence electrons. The third-order valence-electron chi connectivity index (χ3n) is 4.53. The van der Waals surface area contributed by atoms with Crippen LogP contribution in [0.15, 0.2) is 42.1 Å². The molecule has 0 unspecified atom stereocenters. The predicted octanol–water partition coefficient (Wildman–Crippen LogP) is 4.13. The molecule has 0 saturated carbocycles. The number of rotatable bonds is 3. The van der Waals surface area contributed by atoms with Crippen molar-refractivity contribution in [1.29, 1.82) is 5.26 Å². The monoisotopic (exact) mass is 406 g/mol. The summed E-state index contributed by atoms with van der Waals surface area (Å²) in [5, 5.41) is 16.9. The van der Waals surface area contributed by atoms with Gasteiger partial charge in [-0.1, -0.05) is 31.3 Å². The van der Waals surface area contributed by atoms with Gasteiger partial charge in [-0.15, -0.1) is 5.10 Å². The van der Waals surface area contributed by atoms with Gasteiger partial charge in [0.2, 0.25) is 6.79 Å². The number of hydrogen-bond acceptors (Lipinski definition) is 7. The number of amides is 1. The van der Waals surface area contributed by atoms with E-state index in [1.807, 2.05) is 26.8 Å². The van der Waals surface area contributed by atoms with E-state index in [1.54, 1.807) is 30.3 Å². The lowest BCUT2D eigenvalue weighted by Gasteiger charge is -2.25. The molecule has 8 heteroatoms. The number of ether oxygens (including phenoxy) is 2. The van der Waals surface area contributed by atoms with Crippen molar-refractivity contribution >= 4 is 33.2 Å². The van der Waals surface area contributed by atoms with Crippen molar-refractivity contribution in [3.63, 3.8) is 0 Å². The first-order valence-corrected chi connectivity index (χ1v) is 9.73. The van der Waals surface area contributed by atoms with Gasteiger partial charge in [0, 0.05) is 11.1 Å². The number of nitriles is 1. The lowest BCUT2D eigenvalue weighted by atomic mass is 9.86. The molecule has 1 amide bonds. The molecule has 3 aromatic rings. The molecular weight excluding hydrogens is 388 g/mol. The minimum Gasteiger partial charge on any atom is -0.454 e. The Kier molecular flexibility index (Phi) is 4.68. The summed E-state index contributed by atoms with van der Waals surface area (Å²) in [6.45, 7) is 5.99. The first kappa shape index (κ1) is 18.9. The van der Waals surface area contributed by atoms with Gasteiger partial charge in [0.15, 0.2) is 11.5 Å². The highest BCUT2D eigenvalue weighted by Crippen LogP contribution is 2.37. The molecule has 1 aliphatic heterocycles. The minimum atomic E-state index is -0.489. The van der Waals surface area contributed by atoms with Crippen molar-refractivity contribution < 1.29 is 14.3 Å². The molecular formula is C21H18N4O3S. The van der Waals surface area contributed by atoms with E-state index in [0.717, 1.165) is 0 Å². The fraction of sp³-hybridized carbons (Fsp3) is 0.238. The van der Waals surface area contributed by atoms with E-state index in [-0.39, 0.29) is 12.7 Å². The van der Waals surface area contributed by atoms with E-state index in [2.05, 4.69) is 21.0 Å². The maximum atomic E-state index is 13.1. The third kappa shape index (κ3) is 3.52. The largest absolute Gasteiger partial charge is 0.454 e. The van der Waals surface area contributed by atoms with Crippen LogP contribution in [-0.2, 0) is 0 Å². The number of nitrogens with zero attached hydrogens (tertiary/aromatic N) is 3. The van der Waals surface area contributed by atoms with Gasteiger partial charge >= 0.3 is 0 Å². The standard InChI is InChI=1S/C21H18N4O3S/c1-21(2,3)19(14(10-22)12-7-8-16-17(9-12)28-11-27-16)23-20(26)13-5-4-6-15-18(13)29-25-24-15/h4-9H,11H2,1-3H3,(H,23,26)/b19-14-. The van der Waals surface area contributed by atoms with E-state index >= 15 is 0 Å². The van der Waals surface area contributed by atoms with E-state index < -0.39 is 5.41 Å². The SMILES string of the molecule is CC(C)(C)/C(NC(=O)c1cccc2nnsc12)=C(\C#N)c1ccc2c(c1)OCO2. The van der Waals surface area contributed by atoms with Gasteiger partial charge < -0.3 is 14.8 Å². The molecule has 0 spiro atoms. The van der Waals surface area contributed by atoms with Crippen LogP contribution in [0.2, 0.25) is 0 Å². The maximum absolute atomic E-state index is 13.1. The minimum absolute atomic E-state index is 0.153. The molecule has 0 radical (unpaired) electrons. The van der Waals surface area contributed by atoms with Crippen LogP contribution in [0.1, 0.15) is 36.7 Å². The molecule has 2 heterocycles. The van der Waals surface area contributed by atoms with Gasteiger partial charge in [-0.25, -0.2) is 0 Å². The van der Waals surface area contributed by atoms with Crippen molar-refractivity contribution in [2.45, 2.75) is 20.8 Å². The smallest absolute Gasteiger partial charge is 0.257 e. The fourth-order valence-corrected chi connectivity index (χ4v) is 3.78. The summed E-state index contributed by atoms with van der Waals surface area (Å²) in [5.41, 5.74) is 2.20. The van der Waals surface area contributed by atoms with Crippen LogP contribution in [0.25, 0.3) is 15.8 Å². The van der Waals surface area contributed by atoms with Crippen LogP contribution in [0, 0.1) is 16.7 Å². The highest BCUT2D eigenvalue weighted by molar-refractivity contribution is 7.13. The summed E-state index contributed by atoms with van der Waals surface area (Å²) in [6, 6.07) is 12.9. The Morgan fingerprint density at radius 2 is 2.00 bits per heavy atom. The van der Waals surface area contributed by atoms with Gasteiger partial charge in [0.05, 0.1) is 15.8 Å². The van der Waals surface area contributed by atoms with Gasteiger partial charge in [-0.2, -0.15) is 5.26 Å². The summed E-state index contributed by atoms with van der Waals surface area (Å²) in [6.07, 6.45) is 0. The predicted molar refractivity (Wildman–Crippen MR) is 109 cm³/mol. The average Bonchev–Trinajstić information content (AvgIpc) is 3.35. The first-order chi connectivity index (χ1) is 13.9. The van der Waals surface area contributed by atoms with Crippen LogP contribution in [-0.4, -0.2) is 22.3 Å². The molecule has 0 fully saturated rings. The second kappa shape index (κ2) is 7.18. The Morgan fingerprint density at radius 3 is 2.76 bits per heavy atom. The van der Waals surface area contributed by atoms with Crippen molar-refractivity contribution in [2.24, 2.45) is 5.41 Å². The zero-order valence-electron chi connectivity index (χ0n) is 16.1. The number of fused-ring (bicyclic) bond motifs is 2. The quantitative estimate of drug-likeness (QED) is 0.657. The fourth-order valence-electron chi connectivity index (χ4n) is 3.11. The lowest BCUT2D eigenvalue weighted by molar-refractivity contribution is 0.0959. The molecule has 2 aromatic carbocycles. The number of carbonyl (C=O) groups excluding carboxylic acids is 1. The number of hydrogen-bond donors (Lipinski definition) is 1. The van der Waals surface area contributed by atoms with E-state index in [0.29, 0.717) is 44.1 Å². The summed E-state index contributed by atoms with van der Waals surface area (Å²) in [5.74, 6) is 0.909. The van der Waals surface area contributed by atoms with E-state index in [4.69, 9.17) is 9.47 Å². The Bertz CT molecular complexity index is 1180. The maximum Gasteiger partial charge on any atom is 0.257 e. The second-order valence-electron chi connectivity index (χ2n) is 7.56. The second-order valence-corrected chi connectivity index (χ2v) is 8.31. The van der Waals surface area contributed by atoms with Gasteiger partial charge in [0.25, 0.3) is 5.91 Å². The Morgan fingerprint density at radius 1 is 1.21 bits per heavy atom. The summed E-state index contributed by atoms with van der Waals surface area (Å²) < 4.78 is 15.4. The lowest BCUT2D eigenvalue weighted by Crippen LogP contribution is -2.31. The first-order valence-electron chi connectivity index (χ1n) is 8.96. The van der Waals surface area contributed by atoms with Gasteiger partial charge in [-0.05, 0) is 47.4 Å². The molecule has 0 bridgehead atoms. The summed E-state index contributed by atoms with van der Waals surface area (Å²) in [4.78, 5) is 13.1. The molecule has 29 heavy (non-hydrogen) atoms. The zero-order valence-corrected chi connectivity index (χ0v) is 17.0. The average molecular weight is 406 g/mol. The number of nitrogens with one attached hydrogen (secondary N) is 1. The van der Waals surface area contributed by atoms with Gasteiger partial charge in [-0.3, -0.25) is 4.79 Å². The molecule has 1 aromatic heterocycles. The Balaban J connectivity index is 1.78. The van der Waals surface area contributed by atoms with Crippen LogP contribution in [0.4, 0.5) is 0 Å². The van der Waals surface area contributed by atoms with E-state index in [9.17, 15) is 10.1 Å². The molecule has 0 atom stereocenters. The van der Waals surface area contributed by atoms with Crippen LogP contribution in [0.5, 0.6) is 11.5 Å². The topological polar surface area (TPSA) is 97.1 Å². The highest BCUT2D eigenvalue weighted by Gasteiger charge is 2.27. The molecule has 0 saturated heterocycles. The Labute approximate surface area is 171 Å². The summed E-state index contributed by atoms with van der Waals surface area (Å²) >= 11 is 1.17. The molecule has 1 aliphatic rings. The number of benzene rings is 2. The van der Waals surface area contributed by atoms with Crippen LogP contribution < -0.4 is 14.8 Å². The Hall–Kier alpha value is -3.44.